The molecule has 3 aromatic carbocycles. The van der Waals surface area contributed by atoms with Gasteiger partial charge < -0.3 is 24.1 Å². The van der Waals surface area contributed by atoms with Crippen molar-refractivity contribution in [2.75, 3.05) is 28.4 Å². The summed E-state index contributed by atoms with van der Waals surface area (Å²) in [5.74, 6) is 0.617. The third-order valence-corrected chi connectivity index (χ3v) is 6.55. The number of ketones is 1. The van der Waals surface area contributed by atoms with Crippen LogP contribution in [0.4, 0.5) is 0 Å². The highest BCUT2D eigenvalue weighted by Gasteiger charge is 2.15. The zero-order valence-corrected chi connectivity index (χ0v) is 20.0. The van der Waals surface area contributed by atoms with Crippen molar-refractivity contribution in [1.29, 1.82) is 0 Å². The molecule has 0 aliphatic carbocycles. The number of hydrogen-bond donors (Lipinski definition) is 0. The van der Waals surface area contributed by atoms with Gasteiger partial charge in [-0.25, -0.2) is 0 Å². The number of carbonyl (C=O) groups is 1. The monoisotopic (exact) mass is 475 g/mol. The van der Waals surface area contributed by atoms with Crippen molar-refractivity contribution in [3.8, 4) is 39.2 Å². The molecule has 0 bridgehead atoms. The number of thiophene rings is 1. The van der Waals surface area contributed by atoms with Crippen LogP contribution in [0.5, 0.6) is 28.7 Å². The Balaban J connectivity index is 1.74. The van der Waals surface area contributed by atoms with Crippen molar-refractivity contribution >= 4 is 33.3 Å². The molecule has 0 spiro atoms. The fourth-order valence-electron chi connectivity index (χ4n) is 3.64. The molecule has 0 fully saturated rings. The van der Waals surface area contributed by atoms with Gasteiger partial charge in [0.25, 0.3) is 0 Å². The molecule has 7 heteroatoms. The molecule has 1 aromatic heterocycles. The van der Waals surface area contributed by atoms with Crippen LogP contribution in [0.15, 0.2) is 60.7 Å². The van der Waals surface area contributed by atoms with Gasteiger partial charge >= 0.3 is 0 Å². The molecule has 0 amide bonds. The molecule has 174 valence electrons. The van der Waals surface area contributed by atoms with E-state index >= 15 is 0 Å². The molecule has 34 heavy (non-hydrogen) atoms. The summed E-state index contributed by atoms with van der Waals surface area (Å²) in [6, 6.07) is 16.8. The van der Waals surface area contributed by atoms with E-state index in [0.717, 1.165) is 15.8 Å². The lowest BCUT2D eigenvalue weighted by Crippen LogP contribution is -2.03. The van der Waals surface area contributed by atoms with Crippen molar-refractivity contribution in [3.63, 3.8) is 0 Å². The van der Waals surface area contributed by atoms with Crippen LogP contribution < -0.4 is 24.1 Å². The number of ether oxygens (including phenoxy) is 4. The Morgan fingerprint density at radius 3 is 2.09 bits per heavy atom. The van der Waals surface area contributed by atoms with E-state index in [9.17, 15) is 9.90 Å². The summed E-state index contributed by atoms with van der Waals surface area (Å²) >= 11 is 1.66. The highest BCUT2D eigenvalue weighted by molar-refractivity contribution is 7.22. The second kappa shape index (κ2) is 9.89. The van der Waals surface area contributed by atoms with Gasteiger partial charge in [-0.1, -0.05) is 18.2 Å². The zero-order valence-electron chi connectivity index (χ0n) is 19.2. The van der Waals surface area contributed by atoms with Gasteiger partial charge in [0.15, 0.2) is 5.78 Å². The molecule has 1 heterocycles. The lowest BCUT2D eigenvalue weighted by molar-refractivity contribution is -0.271. The number of fused-ring (bicyclic) bond motifs is 1. The van der Waals surface area contributed by atoms with Gasteiger partial charge in [-0.15, -0.1) is 11.3 Å². The Kier molecular flexibility index (Phi) is 6.75. The van der Waals surface area contributed by atoms with Gasteiger partial charge in [0, 0.05) is 32.3 Å². The van der Waals surface area contributed by atoms with Crippen molar-refractivity contribution in [2.45, 2.75) is 0 Å². The molecule has 6 nitrogen and oxygen atoms in total. The maximum Gasteiger partial charge on any atom is 0.186 e. The molecule has 0 saturated heterocycles. The molecule has 0 radical (unpaired) electrons. The summed E-state index contributed by atoms with van der Waals surface area (Å²) in [5.41, 5.74) is 1.89. The Labute approximate surface area is 201 Å². The van der Waals surface area contributed by atoms with Crippen LogP contribution in [-0.4, -0.2) is 34.2 Å². The minimum Gasteiger partial charge on any atom is -0.867 e. The summed E-state index contributed by atoms with van der Waals surface area (Å²) in [6.45, 7) is 0. The first-order valence-corrected chi connectivity index (χ1v) is 11.2. The Bertz CT molecular complexity index is 1330. The normalized spacial score (nSPS) is 11.1. The van der Waals surface area contributed by atoms with Crippen molar-refractivity contribution in [2.24, 2.45) is 0 Å². The summed E-state index contributed by atoms with van der Waals surface area (Å²) < 4.78 is 22.5. The fourth-order valence-corrected chi connectivity index (χ4v) is 4.73. The molecule has 4 rings (SSSR count). The topological polar surface area (TPSA) is 77.1 Å². The first kappa shape index (κ1) is 23.2. The summed E-state index contributed by atoms with van der Waals surface area (Å²) in [4.78, 5) is 13.9. The van der Waals surface area contributed by atoms with Gasteiger partial charge in [0.1, 0.15) is 23.0 Å². The largest absolute Gasteiger partial charge is 0.867 e. The smallest absolute Gasteiger partial charge is 0.186 e. The van der Waals surface area contributed by atoms with Crippen molar-refractivity contribution in [3.05, 3.63) is 71.8 Å². The first-order chi connectivity index (χ1) is 16.5. The number of carbonyl (C=O) groups excluding carboxylic acids is 1. The van der Waals surface area contributed by atoms with Crippen LogP contribution >= 0.6 is 11.3 Å². The van der Waals surface area contributed by atoms with E-state index < -0.39 is 5.75 Å². The average molecular weight is 476 g/mol. The third-order valence-electron chi connectivity index (χ3n) is 5.40. The van der Waals surface area contributed by atoms with Gasteiger partial charge in [0.2, 0.25) is 0 Å². The number of rotatable bonds is 8. The Hall–Kier alpha value is -3.97. The van der Waals surface area contributed by atoms with Crippen LogP contribution in [0.3, 0.4) is 0 Å². The minimum atomic E-state index is -0.407. The predicted octanol–water partition coefficient (Wildman–Crippen LogP) is 5.57. The second-order valence-electron chi connectivity index (χ2n) is 7.35. The van der Waals surface area contributed by atoms with Gasteiger partial charge in [-0.2, -0.15) is 0 Å². The predicted molar refractivity (Wildman–Crippen MR) is 133 cm³/mol. The van der Waals surface area contributed by atoms with Gasteiger partial charge in [-0.3, -0.25) is 4.79 Å². The highest BCUT2D eigenvalue weighted by Crippen LogP contribution is 2.42. The Morgan fingerprint density at radius 1 is 0.824 bits per heavy atom. The summed E-state index contributed by atoms with van der Waals surface area (Å²) in [5, 5.41) is 13.3. The lowest BCUT2D eigenvalue weighted by atomic mass is 10.0. The van der Waals surface area contributed by atoms with Crippen LogP contribution in [0.25, 0.3) is 26.6 Å². The SMILES string of the molecule is COc1cc(OC)c(-c2cc3ccccc3s2)cc1/C=C/C(=O)c1cc(OC)c([O-])c(OC)c1. The second-order valence-corrected chi connectivity index (χ2v) is 8.43. The van der Waals surface area contributed by atoms with Crippen LogP contribution in [0.1, 0.15) is 15.9 Å². The molecule has 0 saturated carbocycles. The molecule has 4 aromatic rings. The number of hydrogen-bond acceptors (Lipinski definition) is 7. The third kappa shape index (κ3) is 4.43. The van der Waals surface area contributed by atoms with Gasteiger partial charge in [0.05, 0.1) is 28.4 Å². The van der Waals surface area contributed by atoms with Crippen LogP contribution in [0, 0.1) is 0 Å². The molecular formula is C27H23O6S-. The van der Waals surface area contributed by atoms with E-state index in [1.54, 1.807) is 31.6 Å². The maximum atomic E-state index is 12.9. The van der Waals surface area contributed by atoms with Crippen molar-refractivity contribution in [1.82, 2.24) is 0 Å². The Morgan fingerprint density at radius 2 is 1.47 bits per heavy atom. The van der Waals surface area contributed by atoms with Gasteiger partial charge in [-0.05, 0) is 53.6 Å². The first-order valence-electron chi connectivity index (χ1n) is 10.4. The molecule has 0 atom stereocenters. The number of benzene rings is 3. The minimum absolute atomic E-state index is 0.0465. The maximum absolute atomic E-state index is 12.9. The molecule has 0 N–H and O–H groups in total. The number of methoxy groups -OCH3 is 4. The molecule has 0 aliphatic rings. The molecular weight excluding hydrogens is 452 g/mol. The van der Waals surface area contributed by atoms with E-state index in [0.29, 0.717) is 17.1 Å². The van der Waals surface area contributed by atoms with E-state index in [2.05, 4.69) is 18.2 Å². The van der Waals surface area contributed by atoms with Crippen LogP contribution in [0.2, 0.25) is 0 Å². The van der Waals surface area contributed by atoms with Crippen LogP contribution in [-0.2, 0) is 0 Å². The van der Waals surface area contributed by atoms with E-state index in [4.69, 9.17) is 18.9 Å². The molecule has 0 unspecified atom stereocenters. The highest BCUT2D eigenvalue weighted by atomic mass is 32.1. The van der Waals surface area contributed by atoms with Crippen molar-refractivity contribution < 1.29 is 28.8 Å². The van der Waals surface area contributed by atoms with E-state index in [1.807, 2.05) is 24.3 Å². The zero-order chi connectivity index (χ0) is 24.2. The number of allylic oxidation sites excluding steroid dienone is 1. The molecule has 0 aliphatic heterocycles. The van der Waals surface area contributed by atoms with E-state index in [1.165, 1.54) is 37.1 Å². The summed E-state index contributed by atoms with van der Waals surface area (Å²) in [6.07, 6.45) is 3.11. The quantitative estimate of drug-likeness (QED) is 0.245. The fraction of sp³-hybridized carbons (Fsp3) is 0.148. The van der Waals surface area contributed by atoms with E-state index in [-0.39, 0.29) is 22.8 Å². The summed E-state index contributed by atoms with van der Waals surface area (Å²) in [7, 11) is 5.93. The lowest BCUT2D eigenvalue weighted by Gasteiger charge is -2.17. The average Bonchev–Trinajstić information content (AvgIpc) is 3.31. The standard InChI is InChI=1S/C27H24O6S/c1-30-21-15-22(31-2)19(26-14-17-7-5-6-8-25(17)34-26)11-16(21)9-10-20(28)18-12-23(32-3)27(29)24(13-18)33-4/h5-15,29H,1-4H3/p-1/b10-9+.